The Bertz CT molecular complexity index is 521. The zero-order valence-electron chi connectivity index (χ0n) is 9.50. The topological polar surface area (TPSA) is 101 Å². The third kappa shape index (κ3) is 3.73. The SMILES string of the molecule is O=CCC(=O)c1ccc(S(=O)(=O)NCCO)cc1. The third-order valence-corrected chi connectivity index (χ3v) is 3.64. The molecule has 2 N–H and O–H groups in total. The van der Waals surface area contributed by atoms with Gasteiger partial charge in [-0.05, 0) is 12.1 Å². The van der Waals surface area contributed by atoms with E-state index in [9.17, 15) is 18.0 Å². The first-order valence-electron chi connectivity index (χ1n) is 5.18. The second kappa shape index (κ2) is 6.39. The molecule has 0 saturated carbocycles. The Hall–Kier alpha value is -1.57. The maximum Gasteiger partial charge on any atom is 0.240 e. The average molecular weight is 271 g/mol. The lowest BCUT2D eigenvalue weighted by molar-refractivity contribution is -0.107. The molecule has 1 aromatic rings. The highest BCUT2D eigenvalue weighted by Crippen LogP contribution is 2.11. The molecule has 0 aliphatic rings. The summed E-state index contributed by atoms with van der Waals surface area (Å²) in [6.07, 6.45) is 0.269. The molecular weight excluding hydrogens is 258 g/mol. The molecular formula is C11H13NO5S. The number of nitrogens with one attached hydrogen (secondary N) is 1. The van der Waals surface area contributed by atoms with Gasteiger partial charge in [-0.1, -0.05) is 12.1 Å². The molecule has 0 fully saturated rings. The molecule has 7 heteroatoms. The summed E-state index contributed by atoms with van der Waals surface area (Å²) in [7, 11) is -3.67. The molecule has 0 heterocycles. The molecule has 0 saturated heterocycles. The lowest BCUT2D eigenvalue weighted by Gasteiger charge is -2.05. The highest BCUT2D eigenvalue weighted by Gasteiger charge is 2.13. The number of rotatable bonds is 7. The Labute approximate surface area is 105 Å². The fourth-order valence-corrected chi connectivity index (χ4v) is 2.30. The quantitative estimate of drug-likeness (QED) is 0.404. The van der Waals surface area contributed by atoms with Crippen LogP contribution < -0.4 is 4.72 Å². The lowest BCUT2D eigenvalue weighted by atomic mass is 10.1. The molecule has 6 nitrogen and oxygen atoms in total. The Morgan fingerprint density at radius 3 is 2.39 bits per heavy atom. The predicted octanol–water partition coefficient (Wildman–Crippen LogP) is -0.271. The van der Waals surface area contributed by atoms with E-state index in [4.69, 9.17) is 5.11 Å². The second-order valence-corrected chi connectivity index (χ2v) is 5.21. The number of sulfonamides is 1. The van der Waals surface area contributed by atoms with Crippen LogP contribution in [0.1, 0.15) is 16.8 Å². The van der Waals surface area contributed by atoms with Crippen LogP contribution in [0.5, 0.6) is 0 Å². The fraction of sp³-hybridized carbons (Fsp3) is 0.273. The number of aliphatic hydroxyl groups excluding tert-OH is 1. The van der Waals surface area contributed by atoms with Crippen molar-refractivity contribution in [3.05, 3.63) is 29.8 Å². The highest BCUT2D eigenvalue weighted by molar-refractivity contribution is 7.89. The molecule has 0 aliphatic heterocycles. The molecule has 0 bridgehead atoms. The molecule has 0 atom stereocenters. The van der Waals surface area contributed by atoms with Crippen LogP contribution in [0.4, 0.5) is 0 Å². The summed E-state index contributed by atoms with van der Waals surface area (Å²) in [6, 6.07) is 5.24. The van der Waals surface area contributed by atoms with E-state index >= 15 is 0 Å². The molecule has 18 heavy (non-hydrogen) atoms. The number of hydrogen-bond acceptors (Lipinski definition) is 5. The van der Waals surface area contributed by atoms with Crippen LogP contribution in [0.25, 0.3) is 0 Å². The van der Waals surface area contributed by atoms with Gasteiger partial charge in [0.15, 0.2) is 5.78 Å². The average Bonchev–Trinajstić information content (AvgIpc) is 2.37. The van der Waals surface area contributed by atoms with Gasteiger partial charge in [0.05, 0.1) is 17.9 Å². The van der Waals surface area contributed by atoms with Crippen molar-refractivity contribution in [2.24, 2.45) is 0 Å². The summed E-state index contributed by atoms with van der Waals surface area (Å²) in [5.41, 5.74) is 0.281. The largest absolute Gasteiger partial charge is 0.395 e. The van der Waals surface area contributed by atoms with Crippen molar-refractivity contribution < 1.29 is 23.1 Å². The van der Waals surface area contributed by atoms with Crippen molar-refractivity contribution in [3.8, 4) is 0 Å². The van der Waals surface area contributed by atoms with Crippen molar-refractivity contribution in [2.75, 3.05) is 13.2 Å². The van der Waals surface area contributed by atoms with Crippen LogP contribution >= 0.6 is 0 Å². The molecule has 0 aromatic heterocycles. The highest BCUT2D eigenvalue weighted by atomic mass is 32.2. The number of aliphatic hydroxyl groups is 1. The van der Waals surface area contributed by atoms with Crippen molar-refractivity contribution in [2.45, 2.75) is 11.3 Å². The van der Waals surface area contributed by atoms with Gasteiger partial charge in [-0.3, -0.25) is 4.79 Å². The van der Waals surface area contributed by atoms with E-state index in [1.807, 2.05) is 0 Å². The van der Waals surface area contributed by atoms with Gasteiger partial charge in [-0.2, -0.15) is 0 Å². The third-order valence-electron chi connectivity index (χ3n) is 2.16. The van der Waals surface area contributed by atoms with Gasteiger partial charge in [0, 0.05) is 12.1 Å². The number of carbonyl (C=O) groups is 2. The molecule has 0 amide bonds. The molecule has 0 unspecified atom stereocenters. The Morgan fingerprint density at radius 1 is 1.28 bits per heavy atom. The van der Waals surface area contributed by atoms with Crippen LogP contribution in [-0.4, -0.2) is 38.7 Å². The Morgan fingerprint density at radius 2 is 1.89 bits per heavy atom. The van der Waals surface area contributed by atoms with E-state index < -0.39 is 10.0 Å². The minimum Gasteiger partial charge on any atom is -0.395 e. The lowest BCUT2D eigenvalue weighted by Crippen LogP contribution is -2.26. The summed E-state index contributed by atoms with van der Waals surface area (Å²) in [6.45, 7) is -0.372. The number of hydrogen-bond donors (Lipinski definition) is 2. The standard InChI is InChI=1S/C11H13NO5S/c13-7-5-11(15)9-1-3-10(4-2-9)18(16,17)12-6-8-14/h1-4,7,12,14H,5-6,8H2. The fourth-order valence-electron chi connectivity index (χ4n) is 1.28. The van der Waals surface area contributed by atoms with Crippen LogP contribution in [-0.2, 0) is 14.8 Å². The normalized spacial score (nSPS) is 11.2. The van der Waals surface area contributed by atoms with Gasteiger partial charge >= 0.3 is 0 Å². The summed E-state index contributed by atoms with van der Waals surface area (Å²) >= 11 is 0. The van der Waals surface area contributed by atoms with Gasteiger partial charge in [0.25, 0.3) is 0 Å². The Balaban J connectivity index is 2.89. The van der Waals surface area contributed by atoms with Crippen molar-refractivity contribution >= 4 is 22.1 Å². The van der Waals surface area contributed by atoms with E-state index in [0.717, 1.165) is 0 Å². The Kier molecular flexibility index (Phi) is 5.14. The molecule has 0 aliphatic carbocycles. The molecule has 0 spiro atoms. The summed E-state index contributed by atoms with van der Waals surface area (Å²) in [5, 5.41) is 8.55. The van der Waals surface area contributed by atoms with Gasteiger partial charge < -0.3 is 9.90 Å². The minimum atomic E-state index is -3.67. The number of ketones is 1. The number of aldehydes is 1. The van der Waals surface area contributed by atoms with E-state index in [-0.39, 0.29) is 35.8 Å². The van der Waals surface area contributed by atoms with E-state index in [1.165, 1.54) is 24.3 Å². The minimum absolute atomic E-state index is 0.00129. The zero-order valence-corrected chi connectivity index (χ0v) is 10.3. The predicted molar refractivity (Wildman–Crippen MR) is 63.7 cm³/mol. The number of Topliss-reactive ketones (excluding diaryl/α,β-unsaturated/α-hetero) is 1. The number of carbonyl (C=O) groups excluding carboxylic acids is 2. The van der Waals surface area contributed by atoms with Gasteiger partial charge in [-0.25, -0.2) is 13.1 Å². The van der Waals surface area contributed by atoms with Crippen LogP contribution in [0.15, 0.2) is 29.2 Å². The summed E-state index contributed by atoms with van der Waals surface area (Å²) in [4.78, 5) is 21.5. The van der Waals surface area contributed by atoms with Crippen molar-refractivity contribution in [3.63, 3.8) is 0 Å². The first-order valence-corrected chi connectivity index (χ1v) is 6.67. The van der Waals surface area contributed by atoms with Crippen LogP contribution in [0, 0.1) is 0 Å². The van der Waals surface area contributed by atoms with Gasteiger partial charge in [-0.15, -0.1) is 0 Å². The van der Waals surface area contributed by atoms with E-state index in [2.05, 4.69) is 4.72 Å². The smallest absolute Gasteiger partial charge is 0.240 e. The van der Waals surface area contributed by atoms with Gasteiger partial charge in [0.2, 0.25) is 10.0 Å². The van der Waals surface area contributed by atoms with Crippen LogP contribution in [0.3, 0.4) is 0 Å². The van der Waals surface area contributed by atoms with Crippen molar-refractivity contribution in [1.29, 1.82) is 0 Å². The van der Waals surface area contributed by atoms with Gasteiger partial charge in [0.1, 0.15) is 6.29 Å². The molecule has 98 valence electrons. The zero-order chi connectivity index (χ0) is 13.6. The molecule has 1 rings (SSSR count). The van der Waals surface area contributed by atoms with Crippen molar-refractivity contribution in [1.82, 2.24) is 4.72 Å². The second-order valence-electron chi connectivity index (χ2n) is 3.44. The monoisotopic (exact) mass is 271 g/mol. The summed E-state index contributed by atoms with van der Waals surface area (Å²) < 4.78 is 25.4. The first-order chi connectivity index (χ1) is 8.51. The molecule has 0 radical (unpaired) electrons. The molecule has 1 aromatic carbocycles. The van der Waals surface area contributed by atoms with Crippen LogP contribution in [0.2, 0.25) is 0 Å². The summed E-state index contributed by atoms with van der Waals surface area (Å²) in [5.74, 6) is -0.364. The maximum atomic E-state index is 11.6. The maximum absolute atomic E-state index is 11.6. The first kappa shape index (κ1) is 14.5. The number of benzene rings is 1. The van der Waals surface area contributed by atoms with E-state index in [0.29, 0.717) is 6.29 Å². The van der Waals surface area contributed by atoms with E-state index in [1.54, 1.807) is 0 Å².